The summed E-state index contributed by atoms with van der Waals surface area (Å²) in [7, 11) is 1.46. The summed E-state index contributed by atoms with van der Waals surface area (Å²) < 4.78 is 23.2. The molecule has 0 amide bonds. The van der Waals surface area contributed by atoms with Crippen LogP contribution in [0.1, 0.15) is 0 Å². The predicted octanol–water partition coefficient (Wildman–Crippen LogP) is 0.240. The van der Waals surface area contributed by atoms with E-state index in [-0.39, 0.29) is 10.6 Å². The number of non-ortho nitro benzene ring substituents is 1. The molecule has 0 aromatic heterocycles. The molecule has 0 fully saturated rings. The molecule has 0 spiro atoms. The quantitative estimate of drug-likeness (QED) is 0.595. The summed E-state index contributed by atoms with van der Waals surface area (Å²) in [4.78, 5) is 13.5. The molecule has 0 bridgehead atoms. The van der Waals surface area contributed by atoms with Crippen molar-refractivity contribution in [3.8, 4) is 0 Å². The van der Waals surface area contributed by atoms with E-state index in [0.29, 0.717) is 18.8 Å². The first-order valence-corrected chi connectivity index (χ1v) is 7.34. The zero-order valence-corrected chi connectivity index (χ0v) is 12.4. The summed E-state index contributed by atoms with van der Waals surface area (Å²) in [5.41, 5.74) is 0.0405. The van der Waals surface area contributed by atoms with E-state index in [0.717, 1.165) is 6.07 Å². The number of hydrogen-bond donors (Lipinski definition) is 1. The van der Waals surface area contributed by atoms with E-state index in [9.17, 15) is 18.5 Å². The Morgan fingerprint density at radius 2 is 1.85 bits per heavy atom. The first kappa shape index (κ1) is 16.3. The maximum atomic E-state index is 11.6. The van der Waals surface area contributed by atoms with E-state index >= 15 is 0 Å². The van der Waals surface area contributed by atoms with Gasteiger partial charge in [-0.05, 0) is 20.2 Å². The van der Waals surface area contributed by atoms with Crippen molar-refractivity contribution in [3.63, 3.8) is 0 Å². The lowest BCUT2D eigenvalue weighted by Crippen LogP contribution is -2.30. The van der Waals surface area contributed by atoms with Gasteiger partial charge in [0.2, 0.25) is 10.0 Å². The Morgan fingerprint density at radius 3 is 2.30 bits per heavy atom. The van der Waals surface area contributed by atoms with Crippen LogP contribution in [0, 0.1) is 10.1 Å². The standard InChI is InChI=1S/C11H18N4O4S/c1-13(2)6-7-14(3)10-5-4-9(15(16)17)8-11(10)20(12,18)19/h4-5,8H,6-7H2,1-3H3,(H2,12,18,19). The van der Waals surface area contributed by atoms with Gasteiger partial charge >= 0.3 is 0 Å². The van der Waals surface area contributed by atoms with Crippen molar-refractivity contribution >= 4 is 21.4 Å². The average molecular weight is 302 g/mol. The van der Waals surface area contributed by atoms with Gasteiger partial charge in [-0.3, -0.25) is 10.1 Å². The zero-order valence-electron chi connectivity index (χ0n) is 11.6. The second-order valence-corrected chi connectivity index (χ2v) is 6.21. The minimum Gasteiger partial charge on any atom is -0.372 e. The number of sulfonamides is 1. The van der Waals surface area contributed by atoms with E-state index in [2.05, 4.69) is 0 Å². The summed E-state index contributed by atoms with van der Waals surface area (Å²) in [6, 6.07) is 3.64. The number of anilines is 1. The van der Waals surface area contributed by atoms with Crippen molar-refractivity contribution < 1.29 is 13.3 Å². The lowest BCUT2D eigenvalue weighted by molar-refractivity contribution is -0.385. The molecule has 0 aliphatic carbocycles. The van der Waals surface area contributed by atoms with Crippen LogP contribution in [-0.4, -0.2) is 52.5 Å². The number of hydrogen-bond acceptors (Lipinski definition) is 6. The fraction of sp³-hybridized carbons (Fsp3) is 0.455. The van der Waals surface area contributed by atoms with Gasteiger partial charge in [-0.1, -0.05) is 0 Å². The monoisotopic (exact) mass is 302 g/mol. The Morgan fingerprint density at radius 1 is 1.25 bits per heavy atom. The fourth-order valence-electron chi connectivity index (χ4n) is 1.63. The molecule has 0 atom stereocenters. The molecular weight excluding hydrogens is 284 g/mol. The first-order valence-electron chi connectivity index (χ1n) is 5.80. The van der Waals surface area contributed by atoms with Crippen molar-refractivity contribution in [2.24, 2.45) is 5.14 Å². The molecule has 0 aliphatic heterocycles. The third kappa shape index (κ3) is 4.15. The number of nitrogens with zero attached hydrogens (tertiary/aromatic N) is 3. The van der Waals surface area contributed by atoms with Gasteiger partial charge in [-0.25, -0.2) is 13.6 Å². The van der Waals surface area contributed by atoms with Crippen LogP contribution in [0.2, 0.25) is 0 Å². The van der Waals surface area contributed by atoms with Gasteiger partial charge in [0, 0.05) is 32.3 Å². The Kier molecular flexibility index (Phi) is 5.03. The number of nitro groups is 1. The van der Waals surface area contributed by atoms with Crippen molar-refractivity contribution in [2.75, 3.05) is 39.1 Å². The predicted molar refractivity (Wildman–Crippen MR) is 76.3 cm³/mol. The van der Waals surface area contributed by atoms with E-state index < -0.39 is 14.9 Å². The second kappa shape index (κ2) is 6.16. The van der Waals surface area contributed by atoms with Crippen molar-refractivity contribution in [1.29, 1.82) is 0 Å². The van der Waals surface area contributed by atoms with Crippen LogP contribution in [0.5, 0.6) is 0 Å². The van der Waals surface area contributed by atoms with Gasteiger partial charge < -0.3 is 9.80 Å². The third-order valence-electron chi connectivity index (χ3n) is 2.75. The van der Waals surface area contributed by atoms with Gasteiger partial charge in [0.15, 0.2) is 0 Å². The summed E-state index contributed by atoms with van der Waals surface area (Å²) in [5.74, 6) is 0. The molecule has 0 saturated heterocycles. The Balaban J connectivity index is 3.22. The van der Waals surface area contributed by atoms with Gasteiger partial charge in [-0.15, -0.1) is 0 Å². The highest BCUT2D eigenvalue weighted by Crippen LogP contribution is 2.27. The molecule has 0 unspecified atom stereocenters. The highest BCUT2D eigenvalue weighted by molar-refractivity contribution is 7.89. The van der Waals surface area contributed by atoms with Crippen molar-refractivity contribution in [3.05, 3.63) is 28.3 Å². The first-order chi connectivity index (χ1) is 9.12. The zero-order chi connectivity index (χ0) is 15.5. The molecule has 8 nitrogen and oxygen atoms in total. The van der Waals surface area contributed by atoms with Gasteiger partial charge in [0.25, 0.3) is 5.69 Å². The molecule has 9 heteroatoms. The SMILES string of the molecule is CN(C)CCN(C)c1ccc([N+](=O)[O-])cc1S(N)(=O)=O. The number of likely N-dealkylation sites (N-methyl/N-ethyl adjacent to an activating group) is 2. The van der Waals surface area contributed by atoms with Crippen molar-refractivity contribution in [2.45, 2.75) is 4.90 Å². The molecule has 112 valence electrons. The largest absolute Gasteiger partial charge is 0.372 e. The molecule has 1 aromatic rings. The summed E-state index contributed by atoms with van der Waals surface area (Å²) in [6.45, 7) is 1.27. The highest BCUT2D eigenvalue weighted by atomic mass is 32.2. The molecular formula is C11H18N4O4S. The number of primary sulfonamides is 1. The van der Waals surface area contributed by atoms with Crippen LogP contribution in [0.15, 0.2) is 23.1 Å². The Labute approximate surface area is 118 Å². The summed E-state index contributed by atoms with van der Waals surface area (Å²) in [6.07, 6.45) is 0. The van der Waals surface area contributed by atoms with Crippen LogP contribution in [-0.2, 0) is 10.0 Å². The maximum absolute atomic E-state index is 11.6. The van der Waals surface area contributed by atoms with Gasteiger partial charge in [-0.2, -0.15) is 0 Å². The van der Waals surface area contributed by atoms with Gasteiger partial charge in [0.1, 0.15) is 4.90 Å². The smallest absolute Gasteiger partial charge is 0.270 e. The maximum Gasteiger partial charge on any atom is 0.270 e. The van der Waals surface area contributed by atoms with E-state index in [1.807, 2.05) is 19.0 Å². The molecule has 0 heterocycles. The fourth-order valence-corrected chi connectivity index (χ4v) is 2.43. The molecule has 1 aromatic carbocycles. The van der Waals surface area contributed by atoms with E-state index in [1.165, 1.54) is 12.1 Å². The lowest BCUT2D eigenvalue weighted by Gasteiger charge is -2.23. The molecule has 0 radical (unpaired) electrons. The molecule has 0 aliphatic rings. The van der Waals surface area contributed by atoms with Crippen LogP contribution in [0.3, 0.4) is 0 Å². The third-order valence-corrected chi connectivity index (χ3v) is 3.69. The molecule has 0 saturated carbocycles. The minimum absolute atomic E-state index is 0.243. The number of nitrogens with two attached hydrogens (primary N) is 1. The van der Waals surface area contributed by atoms with E-state index in [1.54, 1.807) is 11.9 Å². The Bertz CT molecular complexity index is 600. The molecule has 2 N–H and O–H groups in total. The van der Waals surface area contributed by atoms with Crippen molar-refractivity contribution in [1.82, 2.24) is 4.90 Å². The van der Waals surface area contributed by atoms with Crippen LogP contribution in [0.25, 0.3) is 0 Å². The minimum atomic E-state index is -4.03. The van der Waals surface area contributed by atoms with Crippen LogP contribution in [0.4, 0.5) is 11.4 Å². The number of benzene rings is 1. The summed E-state index contributed by atoms with van der Waals surface area (Å²) >= 11 is 0. The van der Waals surface area contributed by atoms with Crippen LogP contribution >= 0.6 is 0 Å². The highest BCUT2D eigenvalue weighted by Gasteiger charge is 2.21. The Hall–Kier alpha value is -1.71. The van der Waals surface area contributed by atoms with Crippen LogP contribution < -0.4 is 10.0 Å². The van der Waals surface area contributed by atoms with E-state index in [4.69, 9.17) is 5.14 Å². The topological polar surface area (TPSA) is 110 Å². The lowest BCUT2D eigenvalue weighted by atomic mass is 10.2. The summed E-state index contributed by atoms with van der Waals surface area (Å²) in [5, 5.41) is 15.9. The van der Waals surface area contributed by atoms with Gasteiger partial charge in [0.05, 0.1) is 10.6 Å². The molecule has 20 heavy (non-hydrogen) atoms. The number of rotatable bonds is 6. The normalized spacial score (nSPS) is 11.7. The molecule has 1 rings (SSSR count). The average Bonchev–Trinajstić information content (AvgIpc) is 2.34. The number of nitro benzene ring substituents is 1. The second-order valence-electron chi connectivity index (χ2n) is 4.68.